The molecule has 0 aliphatic carbocycles. The molecule has 3 aliphatic heterocycles. The predicted molar refractivity (Wildman–Crippen MR) is 226 cm³/mol. The molecule has 11 atom stereocenters. The number of nitrogens with two attached hydrogens (primary N) is 1. The van der Waals surface area contributed by atoms with E-state index in [1.807, 2.05) is 18.4 Å². The van der Waals surface area contributed by atoms with Gasteiger partial charge >= 0.3 is 12.1 Å². The Bertz CT molecular complexity index is 1940. The van der Waals surface area contributed by atoms with Crippen LogP contribution >= 0.6 is 11.6 Å². The number of methoxy groups -OCH3 is 2. The zero-order valence-corrected chi connectivity index (χ0v) is 37.7. The minimum absolute atomic E-state index is 0.0923. The molecule has 0 radical (unpaired) electrons. The maximum atomic E-state index is 14.3. The predicted octanol–water partition coefficient (Wildman–Crippen LogP) is 0.880. The topological polar surface area (TPSA) is 265 Å². The van der Waals surface area contributed by atoms with E-state index in [-0.39, 0.29) is 17.9 Å². The van der Waals surface area contributed by atoms with Gasteiger partial charge in [-0.05, 0) is 65.7 Å². The summed E-state index contributed by atoms with van der Waals surface area (Å²) in [6.07, 6.45) is 0.480. The third-order valence-corrected chi connectivity index (χ3v) is 11.9. The molecule has 3 aliphatic rings. The van der Waals surface area contributed by atoms with Crippen LogP contribution in [0, 0.1) is 5.92 Å². The fraction of sp³-hybridized carbons (Fsp3) is 0.610. The van der Waals surface area contributed by atoms with Crippen LogP contribution in [0.1, 0.15) is 66.9 Å². The number of amides is 5. The second-order valence-electron chi connectivity index (χ2n) is 16.3. The number of alkyl carbamates (subject to hydrolysis) is 1. The van der Waals surface area contributed by atoms with Gasteiger partial charge in [0.25, 0.3) is 5.91 Å². The van der Waals surface area contributed by atoms with E-state index in [1.54, 1.807) is 45.2 Å². The average Bonchev–Trinajstić information content (AvgIpc) is 3.92. The molecule has 5 amide bonds. The van der Waals surface area contributed by atoms with E-state index < -0.39 is 102 Å². The number of esters is 1. The number of carbonyl (C=O) groups is 6. The number of benzene rings is 1. The Morgan fingerprint density at radius 1 is 1.06 bits per heavy atom. The first-order chi connectivity index (χ1) is 29.0. The normalized spacial score (nSPS) is 29.8. The minimum atomic E-state index is -1.87. The van der Waals surface area contributed by atoms with Gasteiger partial charge in [0.2, 0.25) is 17.7 Å². The monoisotopic (exact) mass is 892 g/mol. The Labute approximate surface area is 366 Å². The lowest BCUT2D eigenvalue weighted by atomic mass is 9.83. The quantitative estimate of drug-likeness (QED) is 0.0505. The fourth-order valence-electron chi connectivity index (χ4n) is 7.41. The Kier molecular flexibility index (Phi) is 16.5. The first kappa shape index (κ1) is 49.8. The number of hydrogen-bond acceptors (Lipinski definition) is 15. The van der Waals surface area contributed by atoms with E-state index in [4.69, 9.17) is 41.1 Å². The highest BCUT2D eigenvalue weighted by atomic mass is 35.5. The summed E-state index contributed by atoms with van der Waals surface area (Å²) in [6, 6.07) is -0.448. The lowest BCUT2D eigenvalue weighted by molar-refractivity contribution is -0.160. The molecule has 2 fully saturated rings. The molecular formula is C41H61ClN8O12. The standard InChI is InChI=1S/C41H61ClN8O12/c1-20-13-12-14-30(59-11)41(57)19-29(60-39(56)46-41)21(2)34-40(7,62-34)31(18-32(51)49(8)27-16-26(15-20)17-28(58-10)33(27)42)61-38(55)25(6)50(9)48-24(5)36(53)44-22(3)35(52)45-23(4)37(54)47-43/h12-14,16-17,21-25,29-31,34,48,57H,15,18-19,43H2,1-11H3,(H,44,53)(H,45,52)(H,46,56)(H,47,54)/b14-12+,20-13+. The number of ether oxygens (including phenoxy) is 5. The number of halogens is 1. The summed E-state index contributed by atoms with van der Waals surface area (Å²) >= 11 is 6.78. The summed E-state index contributed by atoms with van der Waals surface area (Å²) in [7, 11) is 5.94. The van der Waals surface area contributed by atoms with Crippen LogP contribution in [0.4, 0.5) is 10.5 Å². The van der Waals surface area contributed by atoms with Crippen molar-refractivity contribution in [3.63, 3.8) is 0 Å². The molecule has 4 bridgehead atoms. The Balaban J connectivity index is 1.62. The lowest BCUT2D eigenvalue weighted by Gasteiger charge is -2.42. The fourth-order valence-corrected chi connectivity index (χ4v) is 7.72. The number of nitrogens with one attached hydrogen (secondary N) is 5. The number of hydrogen-bond donors (Lipinski definition) is 7. The van der Waals surface area contributed by atoms with Crippen LogP contribution in [-0.2, 0) is 49.3 Å². The zero-order valence-electron chi connectivity index (χ0n) is 37.0. The van der Waals surface area contributed by atoms with E-state index in [2.05, 4.69) is 21.4 Å². The molecular weight excluding hydrogens is 832 g/mol. The van der Waals surface area contributed by atoms with E-state index in [0.717, 1.165) is 11.1 Å². The highest BCUT2D eigenvalue weighted by Crippen LogP contribution is 2.49. The number of hydrazine groups is 2. The number of nitrogens with zero attached hydrogens (tertiary/aromatic N) is 2. The molecule has 2 saturated heterocycles. The van der Waals surface area contributed by atoms with Crippen LogP contribution in [0.2, 0.25) is 5.02 Å². The molecule has 0 aromatic heterocycles. The summed E-state index contributed by atoms with van der Waals surface area (Å²) in [5.74, 6) is 1.77. The van der Waals surface area contributed by atoms with E-state index in [0.29, 0.717) is 17.9 Å². The van der Waals surface area contributed by atoms with Crippen LogP contribution in [0.5, 0.6) is 5.75 Å². The third-order valence-electron chi connectivity index (χ3n) is 11.6. The molecule has 3 heterocycles. The third kappa shape index (κ3) is 11.6. The van der Waals surface area contributed by atoms with Gasteiger partial charge in [-0.2, -0.15) is 0 Å². The molecule has 0 saturated carbocycles. The van der Waals surface area contributed by atoms with E-state index >= 15 is 0 Å². The van der Waals surface area contributed by atoms with Crippen LogP contribution < -0.4 is 42.3 Å². The van der Waals surface area contributed by atoms with Gasteiger partial charge in [-0.3, -0.25) is 34.7 Å². The number of anilines is 1. The van der Waals surface area contributed by atoms with Crippen molar-refractivity contribution in [2.24, 2.45) is 11.8 Å². The highest BCUT2D eigenvalue weighted by Gasteiger charge is 2.64. The van der Waals surface area contributed by atoms with Crippen molar-refractivity contribution in [3.8, 4) is 5.75 Å². The van der Waals surface area contributed by atoms with Gasteiger partial charge in [0, 0.05) is 33.5 Å². The lowest BCUT2D eigenvalue weighted by Crippen LogP contribution is -2.63. The first-order valence-electron chi connectivity index (χ1n) is 20.2. The van der Waals surface area contributed by atoms with Crippen molar-refractivity contribution < 1.29 is 57.6 Å². The second kappa shape index (κ2) is 20.6. The van der Waals surface area contributed by atoms with E-state index in [9.17, 15) is 33.9 Å². The van der Waals surface area contributed by atoms with Crippen molar-refractivity contribution in [2.75, 3.05) is 33.2 Å². The zero-order chi connectivity index (χ0) is 46.4. The molecule has 1 aromatic carbocycles. The SMILES string of the molecule is COc1cc2cc(c1Cl)N(C)C(=O)CC(OC(=O)C(C)N(C)NC(C)C(=O)NC(C)C(=O)NC(C)C(=O)NN)C1(C)OC1C(C)C1CC(O)(NC(=O)O1)C(OC)/C=C/C=C(\C)C2. The maximum Gasteiger partial charge on any atom is 0.409 e. The molecule has 1 aromatic rings. The molecule has 20 nitrogen and oxygen atoms in total. The van der Waals surface area contributed by atoms with Crippen molar-refractivity contribution in [1.29, 1.82) is 0 Å². The van der Waals surface area contributed by atoms with Gasteiger partial charge in [-0.1, -0.05) is 42.3 Å². The Morgan fingerprint density at radius 2 is 1.69 bits per heavy atom. The van der Waals surface area contributed by atoms with Crippen LogP contribution in [-0.4, -0.2) is 134 Å². The molecule has 8 N–H and O–H groups in total. The number of aliphatic hydroxyl groups is 1. The largest absolute Gasteiger partial charge is 0.495 e. The van der Waals surface area contributed by atoms with E-state index in [1.165, 1.54) is 58.9 Å². The van der Waals surface area contributed by atoms with Crippen molar-refractivity contribution in [1.82, 2.24) is 31.8 Å². The number of fused-ring (bicyclic) bond motifs is 5. The smallest absolute Gasteiger partial charge is 0.409 e. The maximum absolute atomic E-state index is 14.3. The van der Waals surface area contributed by atoms with Crippen molar-refractivity contribution in [3.05, 3.63) is 46.5 Å². The van der Waals surface area contributed by atoms with Crippen molar-refractivity contribution in [2.45, 2.75) is 128 Å². The van der Waals surface area contributed by atoms with Crippen LogP contribution in [0.25, 0.3) is 0 Å². The number of epoxide rings is 1. The molecule has 21 heteroatoms. The number of likely N-dealkylation sites (N-methyl/N-ethyl adjacent to an activating group) is 1. The number of rotatable bonds is 12. The van der Waals surface area contributed by atoms with Gasteiger partial charge in [0.15, 0.2) is 5.72 Å². The Hall–Kier alpha value is -4.83. The average molecular weight is 893 g/mol. The summed E-state index contributed by atoms with van der Waals surface area (Å²) in [5.41, 5.74) is 3.70. The van der Waals surface area contributed by atoms with Gasteiger partial charge in [0.1, 0.15) is 52.8 Å². The number of carbonyl (C=O) groups excluding carboxylic acids is 6. The summed E-state index contributed by atoms with van der Waals surface area (Å²) in [6.45, 7) is 11.3. The highest BCUT2D eigenvalue weighted by molar-refractivity contribution is 6.35. The Morgan fingerprint density at radius 3 is 2.31 bits per heavy atom. The van der Waals surface area contributed by atoms with Gasteiger partial charge in [-0.25, -0.2) is 21.1 Å². The molecule has 62 heavy (non-hydrogen) atoms. The molecule has 344 valence electrons. The van der Waals surface area contributed by atoms with Crippen LogP contribution in [0.15, 0.2) is 35.9 Å². The number of allylic oxidation sites excluding steroid dienone is 3. The summed E-state index contributed by atoms with van der Waals surface area (Å²) in [5, 5.41) is 20.8. The summed E-state index contributed by atoms with van der Waals surface area (Å²) in [4.78, 5) is 79.8. The molecule has 4 rings (SSSR count). The second-order valence-corrected chi connectivity index (χ2v) is 16.7. The first-order valence-corrected chi connectivity index (χ1v) is 20.6. The van der Waals surface area contributed by atoms with Gasteiger partial charge in [-0.15, -0.1) is 0 Å². The van der Waals surface area contributed by atoms with Crippen molar-refractivity contribution >= 4 is 53.0 Å². The molecule has 0 spiro atoms. The molecule has 11 unspecified atom stereocenters. The van der Waals surface area contributed by atoms with Crippen LogP contribution in [0.3, 0.4) is 0 Å². The van der Waals surface area contributed by atoms with Gasteiger partial charge in [0.05, 0.1) is 31.4 Å². The minimum Gasteiger partial charge on any atom is -0.495 e. The summed E-state index contributed by atoms with van der Waals surface area (Å²) < 4.78 is 29.3. The van der Waals surface area contributed by atoms with Gasteiger partial charge < -0.3 is 44.3 Å².